The lowest BCUT2D eigenvalue weighted by atomic mass is 10.2. The molecule has 0 amide bonds. The molecule has 3 heteroatoms. The van der Waals surface area contributed by atoms with E-state index in [1.54, 1.807) is 0 Å². The lowest BCUT2D eigenvalue weighted by molar-refractivity contribution is -0.810. The summed E-state index contributed by atoms with van der Waals surface area (Å²) < 4.78 is 0.601. The van der Waals surface area contributed by atoms with E-state index >= 15 is 0 Å². The Morgan fingerprint density at radius 1 is 1.33 bits per heavy atom. The van der Waals surface area contributed by atoms with Crippen molar-refractivity contribution in [2.75, 3.05) is 25.5 Å². The maximum atomic E-state index is 5.86. The van der Waals surface area contributed by atoms with E-state index in [2.05, 4.69) is 13.8 Å². The van der Waals surface area contributed by atoms with Crippen molar-refractivity contribution in [3.63, 3.8) is 0 Å². The summed E-state index contributed by atoms with van der Waals surface area (Å²) in [5.41, 5.74) is 0. The van der Waals surface area contributed by atoms with E-state index in [1.807, 2.05) is 0 Å². The van der Waals surface area contributed by atoms with Crippen LogP contribution >= 0.6 is 11.6 Å². The van der Waals surface area contributed by atoms with Crippen LogP contribution in [0.1, 0.15) is 13.8 Å². The maximum absolute atomic E-state index is 5.86. The van der Waals surface area contributed by atoms with Gasteiger partial charge in [0.15, 0.2) is 0 Å². The largest absolute Gasteiger partial charge is 0.481 e. The van der Waals surface area contributed by atoms with Crippen LogP contribution in [-0.2, 0) is 0 Å². The highest BCUT2D eigenvalue weighted by atomic mass is 35.5. The van der Waals surface area contributed by atoms with Crippen molar-refractivity contribution >= 4 is 19.6 Å². The van der Waals surface area contributed by atoms with Gasteiger partial charge in [-0.1, -0.05) is 0 Å². The molecule has 0 aromatic rings. The summed E-state index contributed by atoms with van der Waals surface area (Å²) in [5.74, 6) is 0.651. The Morgan fingerprint density at radius 2 is 1.78 bits per heavy atom. The van der Waals surface area contributed by atoms with Crippen LogP contribution in [0.3, 0.4) is 0 Å². The highest BCUT2D eigenvalue weighted by Crippen LogP contribution is 1.99. The molecule has 0 heterocycles. The molecule has 0 aromatic carbocycles. The first kappa shape index (κ1) is 9.31. The van der Waals surface area contributed by atoms with E-state index in [0.29, 0.717) is 10.3 Å². The molecule has 0 rings (SSSR count). The molecule has 0 N–H and O–H groups in total. The highest BCUT2D eigenvalue weighted by molar-refractivity contribution is 6.18. The Hall–Kier alpha value is 0.315. The molecule has 0 aliphatic rings. The van der Waals surface area contributed by atoms with Crippen LogP contribution in [0.2, 0.25) is 0 Å². The molecule has 9 heavy (non-hydrogen) atoms. The molecule has 0 bridgehead atoms. The summed E-state index contributed by atoms with van der Waals surface area (Å²) in [6.45, 7) is 6.95. The number of nitrogens with zero attached hydrogens (tertiary/aromatic N) is 1. The van der Waals surface area contributed by atoms with Crippen molar-refractivity contribution < 1.29 is 4.39 Å². The second-order valence-corrected chi connectivity index (χ2v) is 2.64. The molecule has 2 radical (unpaired) electrons. The first-order chi connectivity index (χ1) is 4.18. The Kier molecular flexibility index (Phi) is 4.33. The van der Waals surface area contributed by atoms with E-state index in [4.69, 9.17) is 19.6 Å². The van der Waals surface area contributed by atoms with Crippen LogP contribution in [0.15, 0.2) is 0 Å². The van der Waals surface area contributed by atoms with Gasteiger partial charge in [-0.2, -0.15) is 0 Å². The zero-order valence-corrected chi connectivity index (χ0v) is 6.99. The number of halogens is 1. The van der Waals surface area contributed by atoms with Gasteiger partial charge in [0.1, 0.15) is 0 Å². The van der Waals surface area contributed by atoms with Gasteiger partial charge in [0.05, 0.1) is 25.5 Å². The Labute approximate surface area is 64.0 Å². The summed E-state index contributed by atoms with van der Waals surface area (Å²) >= 11 is 5.55. The molecule has 52 valence electrons. The molecular weight excluding hydrogens is 132 g/mol. The van der Waals surface area contributed by atoms with Crippen molar-refractivity contribution in [1.82, 2.24) is 0 Å². The SMILES string of the molecule is [B][N+](CC)(CC)CCCl. The van der Waals surface area contributed by atoms with Crippen LogP contribution in [0.4, 0.5) is 0 Å². The predicted octanol–water partition coefficient (Wildman–Crippen LogP) is 1.17. The van der Waals surface area contributed by atoms with Crippen molar-refractivity contribution in [3.05, 3.63) is 0 Å². The molecule has 0 saturated carbocycles. The number of alkyl halides is 1. The third-order valence-corrected chi connectivity index (χ3v) is 1.96. The maximum Gasteiger partial charge on any atom is 0.481 e. The smallest absolute Gasteiger partial charge is 0.396 e. The zero-order chi connectivity index (χ0) is 7.33. The summed E-state index contributed by atoms with van der Waals surface area (Å²) in [5, 5.41) is 0. The average Bonchev–Trinajstić information content (AvgIpc) is 1.89. The summed E-state index contributed by atoms with van der Waals surface area (Å²) in [7, 11) is 5.86. The van der Waals surface area contributed by atoms with E-state index < -0.39 is 0 Å². The molecule has 0 atom stereocenters. The van der Waals surface area contributed by atoms with Gasteiger partial charge < -0.3 is 4.39 Å². The molecular formula is C6H14BClN+. The summed E-state index contributed by atoms with van der Waals surface area (Å²) in [6, 6.07) is 0. The summed E-state index contributed by atoms with van der Waals surface area (Å²) in [4.78, 5) is 0. The predicted molar refractivity (Wildman–Crippen MR) is 42.7 cm³/mol. The van der Waals surface area contributed by atoms with Gasteiger partial charge in [-0.25, -0.2) is 0 Å². The normalized spacial score (nSPS) is 11.9. The minimum Gasteiger partial charge on any atom is -0.396 e. The molecule has 0 aromatic heterocycles. The molecule has 0 unspecified atom stereocenters. The van der Waals surface area contributed by atoms with Crippen molar-refractivity contribution in [2.45, 2.75) is 13.8 Å². The van der Waals surface area contributed by atoms with Gasteiger partial charge >= 0.3 is 7.98 Å². The van der Waals surface area contributed by atoms with Gasteiger partial charge in [-0.3, -0.25) is 0 Å². The monoisotopic (exact) mass is 146 g/mol. The minimum absolute atomic E-state index is 0.601. The fraction of sp³-hybridized carbons (Fsp3) is 1.00. The van der Waals surface area contributed by atoms with Crippen LogP contribution < -0.4 is 0 Å². The second kappa shape index (κ2) is 4.18. The van der Waals surface area contributed by atoms with Crippen LogP contribution in [0.25, 0.3) is 0 Å². The molecule has 0 spiro atoms. The van der Waals surface area contributed by atoms with E-state index in [1.165, 1.54) is 0 Å². The van der Waals surface area contributed by atoms with Gasteiger partial charge in [-0.15, -0.1) is 11.6 Å². The van der Waals surface area contributed by atoms with E-state index in [0.717, 1.165) is 19.6 Å². The Morgan fingerprint density at radius 3 is 1.89 bits per heavy atom. The molecule has 0 saturated heterocycles. The third-order valence-electron chi connectivity index (χ3n) is 1.79. The number of hydrogen-bond acceptors (Lipinski definition) is 0. The fourth-order valence-electron chi connectivity index (χ4n) is 0.708. The minimum atomic E-state index is 0.601. The van der Waals surface area contributed by atoms with Crippen LogP contribution in [-0.4, -0.2) is 37.9 Å². The van der Waals surface area contributed by atoms with Gasteiger partial charge in [-0.05, 0) is 13.8 Å². The molecule has 0 aliphatic heterocycles. The first-order valence-electron chi connectivity index (χ1n) is 3.39. The third kappa shape index (κ3) is 3.12. The van der Waals surface area contributed by atoms with E-state index in [-0.39, 0.29) is 0 Å². The van der Waals surface area contributed by atoms with Crippen molar-refractivity contribution in [3.8, 4) is 0 Å². The van der Waals surface area contributed by atoms with Gasteiger partial charge in [0.25, 0.3) is 0 Å². The summed E-state index contributed by atoms with van der Waals surface area (Å²) in [6.07, 6.45) is 0. The fourth-order valence-corrected chi connectivity index (χ4v) is 1.04. The van der Waals surface area contributed by atoms with Gasteiger partial charge in [0, 0.05) is 0 Å². The second-order valence-electron chi connectivity index (χ2n) is 2.26. The van der Waals surface area contributed by atoms with Crippen LogP contribution in [0.5, 0.6) is 0 Å². The van der Waals surface area contributed by atoms with Crippen molar-refractivity contribution in [1.29, 1.82) is 0 Å². The number of quaternary nitrogens is 1. The quantitative estimate of drug-likeness (QED) is 0.413. The van der Waals surface area contributed by atoms with Gasteiger partial charge in [0.2, 0.25) is 0 Å². The lowest BCUT2D eigenvalue weighted by Gasteiger charge is -2.32. The zero-order valence-electron chi connectivity index (χ0n) is 6.23. The first-order valence-corrected chi connectivity index (χ1v) is 3.92. The van der Waals surface area contributed by atoms with Crippen molar-refractivity contribution in [2.24, 2.45) is 0 Å². The lowest BCUT2D eigenvalue weighted by Crippen LogP contribution is -2.46. The van der Waals surface area contributed by atoms with E-state index in [9.17, 15) is 0 Å². The molecule has 0 fully saturated rings. The van der Waals surface area contributed by atoms with Crippen LogP contribution in [0, 0.1) is 0 Å². The highest BCUT2D eigenvalue weighted by Gasteiger charge is 2.14. The Bertz CT molecular complexity index is 73.5. The number of hydrogen-bond donors (Lipinski definition) is 0. The number of rotatable bonds is 4. The topological polar surface area (TPSA) is 0 Å². The molecule has 1 nitrogen and oxygen atoms in total. The average molecular weight is 146 g/mol. The Balaban J connectivity index is 3.62. The molecule has 0 aliphatic carbocycles. The standard InChI is InChI=1S/C6H14BClN/c1-3-9(7,4-2)6-5-8/h3-6H2,1-2H3/q+1.